The molecule has 6 heteroatoms. The maximum absolute atomic E-state index is 12.7. The Balaban J connectivity index is 1.61. The van der Waals surface area contributed by atoms with Gasteiger partial charge in [0, 0.05) is 30.3 Å². The molecule has 0 atom stereocenters. The van der Waals surface area contributed by atoms with E-state index in [2.05, 4.69) is 10.6 Å². The summed E-state index contributed by atoms with van der Waals surface area (Å²) in [6.07, 6.45) is 2.06. The third-order valence-corrected chi connectivity index (χ3v) is 5.02. The number of halogens is 1. The Morgan fingerprint density at radius 1 is 1.11 bits per heavy atom. The smallest absolute Gasteiger partial charge is 0.255 e. The highest BCUT2D eigenvalue weighted by molar-refractivity contribution is 6.31. The highest BCUT2D eigenvalue weighted by atomic mass is 35.5. The molecule has 27 heavy (non-hydrogen) atoms. The molecule has 0 bridgehead atoms. The molecule has 2 amide bonds. The van der Waals surface area contributed by atoms with Gasteiger partial charge in [-0.1, -0.05) is 35.9 Å². The predicted molar refractivity (Wildman–Crippen MR) is 108 cm³/mol. The summed E-state index contributed by atoms with van der Waals surface area (Å²) in [6.45, 7) is 4.12. The minimum atomic E-state index is -0.141. The summed E-state index contributed by atoms with van der Waals surface area (Å²) in [6, 6.07) is 13.0. The summed E-state index contributed by atoms with van der Waals surface area (Å²) in [5.74, 6) is -0.162. The fourth-order valence-electron chi connectivity index (χ4n) is 3.18. The Morgan fingerprint density at radius 3 is 2.59 bits per heavy atom. The molecule has 0 radical (unpaired) electrons. The molecule has 1 aliphatic rings. The zero-order valence-electron chi connectivity index (χ0n) is 15.4. The molecule has 1 heterocycles. The standard InChI is InChI=1S/C21H24ClN3O2/c1-15-6-2-3-7-16(15)13-24-20(26)14-23-19-12-17(22)8-9-18(19)21(27)25-10-4-5-11-25/h2-3,6-9,12,23H,4-5,10-11,13-14H2,1H3,(H,24,26). The maximum Gasteiger partial charge on any atom is 0.255 e. The summed E-state index contributed by atoms with van der Waals surface area (Å²) in [7, 11) is 0. The number of carbonyl (C=O) groups is 2. The highest BCUT2D eigenvalue weighted by Gasteiger charge is 2.22. The summed E-state index contributed by atoms with van der Waals surface area (Å²) in [5, 5.41) is 6.49. The average molecular weight is 386 g/mol. The van der Waals surface area contributed by atoms with E-state index in [0.717, 1.165) is 37.1 Å². The normalized spacial score (nSPS) is 13.5. The lowest BCUT2D eigenvalue weighted by Crippen LogP contribution is -2.31. The van der Waals surface area contributed by atoms with Crippen LogP contribution < -0.4 is 10.6 Å². The molecule has 1 fully saturated rings. The van der Waals surface area contributed by atoms with E-state index in [1.807, 2.05) is 36.1 Å². The van der Waals surface area contributed by atoms with Gasteiger partial charge in [0.05, 0.1) is 12.1 Å². The number of nitrogens with one attached hydrogen (secondary N) is 2. The quantitative estimate of drug-likeness (QED) is 0.798. The van der Waals surface area contributed by atoms with E-state index >= 15 is 0 Å². The van der Waals surface area contributed by atoms with Gasteiger partial charge in [-0.3, -0.25) is 9.59 Å². The number of hydrogen-bond acceptors (Lipinski definition) is 3. The zero-order chi connectivity index (χ0) is 19.2. The molecule has 0 spiro atoms. The van der Waals surface area contributed by atoms with Gasteiger partial charge in [-0.15, -0.1) is 0 Å². The lowest BCUT2D eigenvalue weighted by Gasteiger charge is -2.18. The van der Waals surface area contributed by atoms with Crippen LogP contribution in [0.2, 0.25) is 5.02 Å². The van der Waals surface area contributed by atoms with Gasteiger partial charge in [0.25, 0.3) is 5.91 Å². The molecule has 2 aromatic rings. The first kappa shape index (κ1) is 19.2. The first-order valence-electron chi connectivity index (χ1n) is 9.18. The van der Waals surface area contributed by atoms with Crippen molar-refractivity contribution in [3.8, 4) is 0 Å². The van der Waals surface area contributed by atoms with E-state index in [4.69, 9.17) is 11.6 Å². The Morgan fingerprint density at radius 2 is 1.85 bits per heavy atom. The van der Waals surface area contributed by atoms with Gasteiger partial charge in [-0.25, -0.2) is 0 Å². The van der Waals surface area contributed by atoms with E-state index < -0.39 is 0 Å². The monoisotopic (exact) mass is 385 g/mol. The van der Waals surface area contributed by atoms with Crippen molar-refractivity contribution in [2.45, 2.75) is 26.3 Å². The summed E-state index contributed by atoms with van der Waals surface area (Å²) in [4.78, 5) is 26.8. The molecule has 0 aliphatic carbocycles. The van der Waals surface area contributed by atoms with Crippen LogP contribution in [-0.2, 0) is 11.3 Å². The van der Waals surface area contributed by atoms with Crippen molar-refractivity contribution in [3.63, 3.8) is 0 Å². The van der Waals surface area contributed by atoms with E-state index in [1.54, 1.807) is 18.2 Å². The number of nitrogens with zero attached hydrogens (tertiary/aromatic N) is 1. The van der Waals surface area contributed by atoms with Crippen molar-refractivity contribution < 1.29 is 9.59 Å². The SMILES string of the molecule is Cc1ccccc1CNC(=O)CNc1cc(Cl)ccc1C(=O)N1CCCC1. The molecule has 2 N–H and O–H groups in total. The second kappa shape index (κ2) is 8.91. The van der Waals surface area contributed by atoms with E-state index in [-0.39, 0.29) is 18.4 Å². The Hall–Kier alpha value is -2.53. The number of hydrogen-bond donors (Lipinski definition) is 2. The predicted octanol–water partition coefficient (Wildman–Crippen LogP) is 3.61. The minimum Gasteiger partial charge on any atom is -0.375 e. The van der Waals surface area contributed by atoms with Crippen molar-refractivity contribution in [3.05, 3.63) is 64.2 Å². The summed E-state index contributed by atoms with van der Waals surface area (Å²) >= 11 is 6.09. The number of aryl methyl sites for hydroxylation is 1. The van der Waals surface area contributed by atoms with Crippen LogP contribution in [0.15, 0.2) is 42.5 Å². The van der Waals surface area contributed by atoms with Crippen molar-refractivity contribution in [2.75, 3.05) is 25.0 Å². The van der Waals surface area contributed by atoms with Crippen LogP contribution in [0.25, 0.3) is 0 Å². The molecule has 0 unspecified atom stereocenters. The van der Waals surface area contributed by atoms with Crippen LogP contribution in [0.5, 0.6) is 0 Å². The number of amides is 2. The molecule has 5 nitrogen and oxygen atoms in total. The molecular formula is C21H24ClN3O2. The van der Waals surface area contributed by atoms with Crippen LogP contribution in [0.1, 0.15) is 34.3 Å². The van der Waals surface area contributed by atoms with Gasteiger partial charge in [0.15, 0.2) is 0 Å². The lowest BCUT2D eigenvalue weighted by atomic mass is 10.1. The van der Waals surface area contributed by atoms with Gasteiger partial charge in [0.1, 0.15) is 0 Å². The highest BCUT2D eigenvalue weighted by Crippen LogP contribution is 2.24. The van der Waals surface area contributed by atoms with Crippen molar-refractivity contribution in [1.82, 2.24) is 10.2 Å². The fourth-order valence-corrected chi connectivity index (χ4v) is 3.35. The molecule has 0 aromatic heterocycles. The number of likely N-dealkylation sites (tertiary alicyclic amines) is 1. The van der Waals surface area contributed by atoms with Crippen LogP contribution in [0.3, 0.4) is 0 Å². The number of rotatable bonds is 6. The molecule has 2 aromatic carbocycles. The van der Waals surface area contributed by atoms with Gasteiger partial charge >= 0.3 is 0 Å². The maximum atomic E-state index is 12.7. The van der Waals surface area contributed by atoms with Gasteiger partial charge in [-0.2, -0.15) is 0 Å². The third-order valence-electron chi connectivity index (χ3n) is 4.78. The van der Waals surface area contributed by atoms with E-state index in [9.17, 15) is 9.59 Å². The third kappa shape index (κ3) is 5.01. The molecule has 3 rings (SSSR count). The molecule has 142 valence electrons. The van der Waals surface area contributed by atoms with Gasteiger partial charge in [0.2, 0.25) is 5.91 Å². The van der Waals surface area contributed by atoms with E-state index in [1.165, 1.54) is 0 Å². The minimum absolute atomic E-state index is 0.0213. The average Bonchev–Trinajstić information content (AvgIpc) is 3.20. The largest absolute Gasteiger partial charge is 0.375 e. The van der Waals surface area contributed by atoms with Crippen molar-refractivity contribution in [2.24, 2.45) is 0 Å². The molecular weight excluding hydrogens is 362 g/mol. The first-order chi connectivity index (χ1) is 13.0. The summed E-state index contributed by atoms with van der Waals surface area (Å²) < 4.78 is 0. The van der Waals surface area contributed by atoms with Crippen LogP contribution in [0.4, 0.5) is 5.69 Å². The Labute approximate surface area is 164 Å². The zero-order valence-corrected chi connectivity index (χ0v) is 16.2. The fraction of sp³-hybridized carbons (Fsp3) is 0.333. The molecule has 1 saturated heterocycles. The van der Waals surface area contributed by atoms with E-state index in [0.29, 0.717) is 22.8 Å². The number of anilines is 1. The summed E-state index contributed by atoms with van der Waals surface area (Å²) in [5.41, 5.74) is 3.36. The topological polar surface area (TPSA) is 61.4 Å². The van der Waals surface area contributed by atoms with Crippen LogP contribution in [-0.4, -0.2) is 36.3 Å². The lowest BCUT2D eigenvalue weighted by molar-refractivity contribution is -0.119. The second-order valence-electron chi connectivity index (χ2n) is 6.75. The molecule has 0 saturated carbocycles. The van der Waals surface area contributed by atoms with Crippen molar-refractivity contribution in [1.29, 1.82) is 0 Å². The van der Waals surface area contributed by atoms with Gasteiger partial charge < -0.3 is 15.5 Å². The van der Waals surface area contributed by atoms with Crippen LogP contribution >= 0.6 is 11.6 Å². The Kier molecular flexibility index (Phi) is 6.35. The van der Waals surface area contributed by atoms with Gasteiger partial charge in [-0.05, 0) is 49.1 Å². The first-order valence-corrected chi connectivity index (χ1v) is 9.56. The number of benzene rings is 2. The number of carbonyl (C=O) groups excluding carboxylic acids is 2. The molecule has 1 aliphatic heterocycles. The van der Waals surface area contributed by atoms with Crippen molar-refractivity contribution >= 4 is 29.1 Å². The van der Waals surface area contributed by atoms with Crippen LogP contribution in [0, 0.1) is 6.92 Å². The Bertz CT molecular complexity index is 832. The second-order valence-corrected chi connectivity index (χ2v) is 7.18.